The summed E-state index contributed by atoms with van der Waals surface area (Å²) in [6, 6.07) is 0. The number of ether oxygens (including phenoxy) is 1. The molecule has 11 heavy (non-hydrogen) atoms. The molecule has 4 N–H and O–H groups in total. The summed E-state index contributed by atoms with van der Waals surface area (Å²) in [5.41, 5.74) is 9.43. The van der Waals surface area contributed by atoms with Gasteiger partial charge in [0, 0.05) is 12.2 Å². The Morgan fingerprint density at radius 2 is 1.36 bits per heavy atom. The van der Waals surface area contributed by atoms with E-state index in [1.54, 1.807) is 0 Å². The van der Waals surface area contributed by atoms with Gasteiger partial charge >= 0.3 is 0 Å². The van der Waals surface area contributed by atoms with Crippen LogP contribution in [0, 0.1) is 0 Å². The van der Waals surface area contributed by atoms with Crippen LogP contribution in [0.25, 0.3) is 0 Å². The molecule has 0 aromatic heterocycles. The number of primary amides is 2. The third-order valence-electron chi connectivity index (χ3n) is 0.622. The maximum atomic E-state index is 10.0. The van der Waals surface area contributed by atoms with Gasteiger partial charge in [0.05, 0.1) is 12.5 Å². The summed E-state index contributed by atoms with van der Waals surface area (Å²) in [5.74, 6) is -1.25. The van der Waals surface area contributed by atoms with Crippen molar-refractivity contribution in [3.05, 3.63) is 24.7 Å². The number of hydrogen-bond acceptors (Lipinski definition) is 3. The molecule has 0 aliphatic carbocycles. The van der Waals surface area contributed by atoms with Gasteiger partial charge in [0.25, 0.3) is 0 Å². The van der Waals surface area contributed by atoms with E-state index < -0.39 is 11.8 Å². The van der Waals surface area contributed by atoms with Crippen LogP contribution in [0.15, 0.2) is 24.7 Å². The Balaban J connectivity index is 3.57. The third-order valence-corrected chi connectivity index (χ3v) is 0.622. The van der Waals surface area contributed by atoms with Crippen molar-refractivity contribution in [3.63, 3.8) is 0 Å². The van der Waals surface area contributed by atoms with Gasteiger partial charge in [0.2, 0.25) is 11.8 Å². The summed E-state index contributed by atoms with van der Waals surface area (Å²) in [6.07, 6.45) is 4.10. The molecule has 5 heteroatoms. The molecule has 0 saturated carbocycles. The average molecular weight is 156 g/mol. The zero-order valence-electron chi connectivity index (χ0n) is 5.69. The zero-order chi connectivity index (χ0) is 8.69. The number of hydrogen-bond donors (Lipinski definition) is 2. The molecule has 0 unspecified atom stereocenters. The lowest BCUT2D eigenvalue weighted by atomic mass is 10.6. The third kappa shape index (κ3) is 8.22. The van der Waals surface area contributed by atoms with E-state index in [-0.39, 0.29) is 0 Å². The Morgan fingerprint density at radius 3 is 1.64 bits per heavy atom. The van der Waals surface area contributed by atoms with Gasteiger partial charge in [0.15, 0.2) is 0 Å². The molecule has 0 aromatic carbocycles. The molecule has 60 valence electrons. The van der Waals surface area contributed by atoms with E-state index in [1.165, 1.54) is 0 Å². The molecule has 0 heterocycles. The number of nitrogens with two attached hydrogens (primary N) is 2. The van der Waals surface area contributed by atoms with E-state index in [1.807, 2.05) is 0 Å². The molecule has 0 aliphatic rings. The SMILES string of the molecule is NC(=O)C=COC=CC(N)=O. The first-order valence-electron chi connectivity index (χ1n) is 2.70. The maximum Gasteiger partial charge on any atom is 0.244 e. The minimum absolute atomic E-state index is 0.627. The van der Waals surface area contributed by atoms with Crippen LogP contribution in [0.4, 0.5) is 0 Å². The van der Waals surface area contributed by atoms with Crippen molar-refractivity contribution >= 4 is 11.8 Å². The molecule has 0 atom stereocenters. The second kappa shape index (κ2) is 5.04. The van der Waals surface area contributed by atoms with Crippen LogP contribution in [-0.4, -0.2) is 11.8 Å². The predicted octanol–water partition coefficient (Wildman–Crippen LogP) is -0.999. The standard InChI is InChI=1S/C6H8N2O3/c7-5(9)1-3-11-4-2-6(8)10/h1-4H,(H2,7,9)(H2,8,10). The van der Waals surface area contributed by atoms with E-state index >= 15 is 0 Å². The fourth-order valence-corrected chi connectivity index (χ4v) is 0.258. The molecule has 0 radical (unpaired) electrons. The Bertz CT molecular complexity index is 186. The van der Waals surface area contributed by atoms with Crippen molar-refractivity contribution in [1.29, 1.82) is 0 Å². The molecule has 2 amide bonds. The zero-order valence-corrected chi connectivity index (χ0v) is 5.69. The summed E-state index contributed by atoms with van der Waals surface area (Å²) in [5, 5.41) is 0. The summed E-state index contributed by atoms with van der Waals surface area (Å²) in [7, 11) is 0. The van der Waals surface area contributed by atoms with E-state index in [0.717, 1.165) is 24.7 Å². The van der Waals surface area contributed by atoms with Crippen LogP contribution in [-0.2, 0) is 14.3 Å². The van der Waals surface area contributed by atoms with Crippen LogP contribution < -0.4 is 11.5 Å². The van der Waals surface area contributed by atoms with Crippen LogP contribution in [0.5, 0.6) is 0 Å². The second-order valence-electron chi connectivity index (χ2n) is 1.55. The van der Waals surface area contributed by atoms with Gasteiger partial charge in [-0.25, -0.2) is 0 Å². The molecular weight excluding hydrogens is 148 g/mol. The number of carbonyl (C=O) groups is 2. The van der Waals surface area contributed by atoms with E-state index in [4.69, 9.17) is 11.5 Å². The van der Waals surface area contributed by atoms with Crippen molar-refractivity contribution in [2.24, 2.45) is 11.5 Å². The largest absolute Gasteiger partial charge is 0.472 e. The minimum Gasteiger partial charge on any atom is -0.472 e. The first-order valence-corrected chi connectivity index (χ1v) is 2.70. The summed E-state index contributed by atoms with van der Waals surface area (Å²) in [6.45, 7) is 0. The first-order chi connectivity index (χ1) is 5.13. The molecule has 0 aliphatic heterocycles. The van der Waals surface area contributed by atoms with Crippen LogP contribution >= 0.6 is 0 Å². The molecule has 0 spiro atoms. The van der Waals surface area contributed by atoms with Gasteiger partial charge in [-0.2, -0.15) is 0 Å². The number of amides is 2. The van der Waals surface area contributed by atoms with Gasteiger partial charge in [-0.3, -0.25) is 9.59 Å². The van der Waals surface area contributed by atoms with Crippen molar-refractivity contribution in [3.8, 4) is 0 Å². The van der Waals surface area contributed by atoms with Crippen molar-refractivity contribution in [2.75, 3.05) is 0 Å². The highest BCUT2D eigenvalue weighted by Gasteiger charge is 1.81. The first kappa shape index (κ1) is 9.22. The monoisotopic (exact) mass is 156 g/mol. The maximum absolute atomic E-state index is 10.0. The lowest BCUT2D eigenvalue weighted by molar-refractivity contribution is -0.114. The van der Waals surface area contributed by atoms with Crippen molar-refractivity contribution in [1.82, 2.24) is 0 Å². The molecule has 0 fully saturated rings. The molecule has 0 bridgehead atoms. The molecule has 5 nitrogen and oxygen atoms in total. The van der Waals surface area contributed by atoms with Gasteiger partial charge in [-0.15, -0.1) is 0 Å². The van der Waals surface area contributed by atoms with Gasteiger partial charge in [-0.1, -0.05) is 0 Å². The topological polar surface area (TPSA) is 95.4 Å². The minimum atomic E-state index is -0.627. The lowest BCUT2D eigenvalue weighted by Crippen LogP contribution is -2.06. The lowest BCUT2D eigenvalue weighted by Gasteiger charge is -1.85. The Kier molecular flexibility index (Phi) is 4.22. The van der Waals surface area contributed by atoms with Gasteiger partial charge in [0.1, 0.15) is 0 Å². The van der Waals surface area contributed by atoms with Crippen molar-refractivity contribution < 1.29 is 14.3 Å². The predicted molar refractivity (Wildman–Crippen MR) is 37.8 cm³/mol. The van der Waals surface area contributed by atoms with E-state index in [2.05, 4.69) is 4.74 Å². The van der Waals surface area contributed by atoms with Gasteiger partial charge in [-0.05, 0) is 0 Å². The normalized spacial score (nSPS) is 10.5. The highest BCUT2D eigenvalue weighted by atomic mass is 16.5. The molecule has 0 rings (SSSR count). The van der Waals surface area contributed by atoms with Crippen LogP contribution in [0.3, 0.4) is 0 Å². The van der Waals surface area contributed by atoms with E-state index in [9.17, 15) is 9.59 Å². The Labute approximate surface area is 63.3 Å². The molecule has 0 aromatic rings. The molecule has 0 saturated heterocycles. The average Bonchev–Trinajstić information content (AvgIpc) is 1.85. The summed E-state index contributed by atoms with van der Waals surface area (Å²) < 4.78 is 4.49. The molecular formula is C6H8N2O3. The van der Waals surface area contributed by atoms with E-state index in [0.29, 0.717) is 0 Å². The highest BCUT2D eigenvalue weighted by molar-refractivity contribution is 5.86. The summed E-state index contributed by atoms with van der Waals surface area (Å²) >= 11 is 0. The highest BCUT2D eigenvalue weighted by Crippen LogP contribution is 1.78. The fraction of sp³-hybridized carbons (Fsp3) is 0. The van der Waals surface area contributed by atoms with Crippen molar-refractivity contribution in [2.45, 2.75) is 0 Å². The Hall–Kier alpha value is -1.78. The number of carbonyl (C=O) groups excluding carboxylic acids is 2. The fourth-order valence-electron chi connectivity index (χ4n) is 0.258. The van der Waals surface area contributed by atoms with Crippen LogP contribution in [0.2, 0.25) is 0 Å². The number of rotatable bonds is 4. The Morgan fingerprint density at radius 1 is 1.00 bits per heavy atom. The quantitative estimate of drug-likeness (QED) is 0.403. The van der Waals surface area contributed by atoms with Gasteiger partial charge < -0.3 is 16.2 Å². The smallest absolute Gasteiger partial charge is 0.244 e. The van der Waals surface area contributed by atoms with Crippen LogP contribution in [0.1, 0.15) is 0 Å². The second-order valence-corrected chi connectivity index (χ2v) is 1.55. The summed E-state index contributed by atoms with van der Waals surface area (Å²) in [4.78, 5) is 20.1.